The van der Waals surface area contributed by atoms with Gasteiger partial charge in [0.15, 0.2) is 5.96 Å². The van der Waals surface area contributed by atoms with Gasteiger partial charge >= 0.3 is 0 Å². The van der Waals surface area contributed by atoms with Crippen LogP contribution < -0.4 is 10.6 Å². The third kappa shape index (κ3) is 6.40. The first kappa shape index (κ1) is 22.0. The van der Waals surface area contributed by atoms with Crippen molar-refractivity contribution in [1.82, 2.24) is 25.4 Å². The van der Waals surface area contributed by atoms with Crippen molar-refractivity contribution in [3.05, 3.63) is 15.6 Å². The maximum absolute atomic E-state index is 12.6. The van der Waals surface area contributed by atoms with Gasteiger partial charge in [-0.15, -0.1) is 11.3 Å². The highest BCUT2D eigenvalue weighted by Crippen LogP contribution is 2.26. The summed E-state index contributed by atoms with van der Waals surface area (Å²) in [5.41, 5.74) is 1.08. The molecule has 1 aliphatic heterocycles. The minimum Gasteiger partial charge on any atom is -0.357 e. The Morgan fingerprint density at radius 1 is 1.17 bits per heavy atom. The largest absolute Gasteiger partial charge is 0.357 e. The molecule has 0 atom stereocenters. The molecule has 0 bridgehead atoms. The summed E-state index contributed by atoms with van der Waals surface area (Å²) in [5.74, 6) is 1.55. The van der Waals surface area contributed by atoms with Gasteiger partial charge in [0.05, 0.1) is 17.2 Å². The molecule has 2 N–H and O–H groups in total. The molecule has 2 aliphatic rings. The Labute approximate surface area is 179 Å². The summed E-state index contributed by atoms with van der Waals surface area (Å²) in [6.45, 7) is 13.2. The van der Waals surface area contributed by atoms with E-state index in [1.54, 1.807) is 11.3 Å². The van der Waals surface area contributed by atoms with Crippen LogP contribution in [0.2, 0.25) is 0 Å². The first-order valence-electron chi connectivity index (χ1n) is 11.0. The van der Waals surface area contributed by atoms with E-state index in [4.69, 9.17) is 4.99 Å². The second-order valence-corrected chi connectivity index (χ2v) is 9.30. The van der Waals surface area contributed by atoms with Crippen LogP contribution in [0.1, 0.15) is 48.2 Å². The zero-order valence-corrected chi connectivity index (χ0v) is 19.0. The molecular weight excluding hydrogens is 384 g/mol. The number of thiazole rings is 1. The fourth-order valence-electron chi connectivity index (χ4n) is 4.17. The number of piperazine rings is 1. The average molecular weight is 421 g/mol. The number of guanidine groups is 1. The third-order valence-corrected chi connectivity index (χ3v) is 6.89. The van der Waals surface area contributed by atoms with E-state index in [1.807, 2.05) is 13.8 Å². The molecule has 2 fully saturated rings. The molecule has 1 saturated heterocycles. The lowest BCUT2D eigenvalue weighted by atomic mass is 10.1. The minimum atomic E-state index is 0.299. The van der Waals surface area contributed by atoms with Crippen LogP contribution in [0.25, 0.3) is 0 Å². The quantitative estimate of drug-likeness (QED) is 0.522. The first-order valence-corrected chi connectivity index (χ1v) is 11.8. The van der Waals surface area contributed by atoms with Gasteiger partial charge in [-0.05, 0) is 33.6 Å². The van der Waals surface area contributed by atoms with Crippen LogP contribution in [-0.2, 0) is 11.3 Å². The van der Waals surface area contributed by atoms with Crippen LogP contribution in [0.5, 0.6) is 0 Å². The van der Waals surface area contributed by atoms with Gasteiger partial charge in [0.2, 0.25) is 5.91 Å². The number of nitrogens with one attached hydrogen (secondary N) is 2. The third-order valence-electron chi connectivity index (χ3n) is 5.83. The highest BCUT2D eigenvalue weighted by molar-refractivity contribution is 7.11. The fourth-order valence-corrected chi connectivity index (χ4v) is 5.03. The van der Waals surface area contributed by atoms with Gasteiger partial charge < -0.3 is 15.5 Å². The summed E-state index contributed by atoms with van der Waals surface area (Å²) >= 11 is 1.72. The zero-order chi connectivity index (χ0) is 20.6. The summed E-state index contributed by atoms with van der Waals surface area (Å²) < 4.78 is 0. The molecule has 0 radical (unpaired) electrons. The summed E-state index contributed by atoms with van der Waals surface area (Å²) in [4.78, 5) is 27.5. The number of aliphatic imine (C=N–C) groups is 1. The van der Waals surface area contributed by atoms with Crippen molar-refractivity contribution in [3.63, 3.8) is 0 Å². The molecule has 1 aromatic rings. The monoisotopic (exact) mass is 420 g/mol. The van der Waals surface area contributed by atoms with Crippen molar-refractivity contribution >= 4 is 23.2 Å². The zero-order valence-electron chi connectivity index (χ0n) is 18.2. The molecule has 0 aromatic carbocycles. The highest BCUT2D eigenvalue weighted by Gasteiger charge is 2.29. The van der Waals surface area contributed by atoms with Crippen LogP contribution in [-0.4, -0.2) is 72.5 Å². The maximum atomic E-state index is 12.6. The summed E-state index contributed by atoms with van der Waals surface area (Å²) in [6, 6.07) is 0. The molecule has 1 saturated carbocycles. The molecule has 8 heteroatoms. The Hall–Kier alpha value is -1.67. The van der Waals surface area contributed by atoms with E-state index in [1.165, 1.54) is 17.7 Å². The van der Waals surface area contributed by atoms with Crippen LogP contribution in [0.4, 0.5) is 0 Å². The molecule has 1 aliphatic carbocycles. The van der Waals surface area contributed by atoms with Crippen molar-refractivity contribution in [1.29, 1.82) is 0 Å². The lowest BCUT2D eigenvalue weighted by molar-refractivity contribution is -0.137. The van der Waals surface area contributed by atoms with Gasteiger partial charge in [0, 0.05) is 56.6 Å². The van der Waals surface area contributed by atoms with E-state index < -0.39 is 0 Å². The molecule has 7 nitrogen and oxygen atoms in total. The molecule has 2 heterocycles. The smallest absolute Gasteiger partial charge is 0.225 e. The lowest BCUT2D eigenvalue weighted by Gasteiger charge is -2.36. The molecule has 1 amide bonds. The van der Waals surface area contributed by atoms with E-state index in [0.717, 1.165) is 75.3 Å². The van der Waals surface area contributed by atoms with Crippen LogP contribution in [0.3, 0.4) is 0 Å². The number of rotatable bonds is 7. The Kier molecular flexibility index (Phi) is 8.29. The van der Waals surface area contributed by atoms with Gasteiger partial charge in [-0.1, -0.05) is 12.8 Å². The van der Waals surface area contributed by atoms with Crippen molar-refractivity contribution in [3.8, 4) is 0 Å². The standard InChI is InChI=1S/C21H36N6OS/c1-4-22-21(24-15-19-16(2)25-17(3)29-19)23-9-10-26-11-13-27(14-12-26)20(28)18-7-5-6-8-18/h18H,4-15H2,1-3H3,(H2,22,23,24). The number of carbonyl (C=O) groups excluding carboxylic acids is 1. The number of amides is 1. The van der Waals surface area contributed by atoms with Gasteiger partial charge in [0.25, 0.3) is 0 Å². The minimum absolute atomic E-state index is 0.299. The molecule has 29 heavy (non-hydrogen) atoms. The SMILES string of the molecule is CCNC(=NCc1sc(C)nc1C)NCCN1CCN(C(=O)C2CCCC2)CC1. The Balaban J connectivity index is 1.39. The number of aryl methyl sites for hydroxylation is 2. The predicted molar refractivity (Wildman–Crippen MR) is 119 cm³/mol. The predicted octanol–water partition coefficient (Wildman–Crippen LogP) is 2.15. The topological polar surface area (TPSA) is 72.9 Å². The normalized spacial score (nSPS) is 19.0. The summed E-state index contributed by atoms with van der Waals surface area (Å²) in [6.07, 6.45) is 4.63. The van der Waals surface area contributed by atoms with E-state index in [-0.39, 0.29) is 0 Å². The fraction of sp³-hybridized carbons (Fsp3) is 0.762. The molecule has 0 unspecified atom stereocenters. The van der Waals surface area contributed by atoms with Crippen molar-refractivity contribution in [2.45, 2.75) is 53.0 Å². The summed E-state index contributed by atoms with van der Waals surface area (Å²) in [7, 11) is 0. The summed E-state index contributed by atoms with van der Waals surface area (Å²) in [5, 5.41) is 7.86. The van der Waals surface area contributed by atoms with Gasteiger partial charge in [-0.25, -0.2) is 9.98 Å². The van der Waals surface area contributed by atoms with E-state index in [9.17, 15) is 4.79 Å². The number of aromatic nitrogens is 1. The van der Waals surface area contributed by atoms with Crippen LogP contribution in [0, 0.1) is 19.8 Å². The van der Waals surface area contributed by atoms with Crippen LogP contribution >= 0.6 is 11.3 Å². The average Bonchev–Trinajstić information content (AvgIpc) is 3.36. The Morgan fingerprint density at radius 3 is 2.52 bits per heavy atom. The molecular formula is C21H36N6OS. The van der Waals surface area contributed by atoms with Gasteiger partial charge in [-0.2, -0.15) is 0 Å². The second kappa shape index (κ2) is 10.9. The number of hydrogen-bond acceptors (Lipinski definition) is 5. The highest BCUT2D eigenvalue weighted by atomic mass is 32.1. The maximum Gasteiger partial charge on any atom is 0.225 e. The molecule has 3 rings (SSSR count). The second-order valence-electron chi connectivity index (χ2n) is 8.01. The number of hydrogen-bond donors (Lipinski definition) is 2. The molecule has 0 spiro atoms. The van der Waals surface area contributed by atoms with Crippen LogP contribution in [0.15, 0.2) is 4.99 Å². The number of carbonyl (C=O) groups is 1. The van der Waals surface area contributed by atoms with E-state index in [0.29, 0.717) is 18.4 Å². The van der Waals surface area contributed by atoms with Crippen molar-refractivity contribution in [2.75, 3.05) is 45.8 Å². The van der Waals surface area contributed by atoms with Gasteiger partial charge in [-0.3, -0.25) is 9.69 Å². The molecule has 162 valence electrons. The van der Waals surface area contributed by atoms with Crippen molar-refractivity contribution < 1.29 is 4.79 Å². The Bertz CT molecular complexity index is 689. The van der Waals surface area contributed by atoms with Crippen molar-refractivity contribution in [2.24, 2.45) is 10.9 Å². The first-order chi connectivity index (χ1) is 14.1. The van der Waals surface area contributed by atoms with E-state index >= 15 is 0 Å². The van der Waals surface area contributed by atoms with E-state index in [2.05, 4.69) is 32.3 Å². The van der Waals surface area contributed by atoms with Gasteiger partial charge in [0.1, 0.15) is 0 Å². The Morgan fingerprint density at radius 2 is 1.90 bits per heavy atom. The molecule has 1 aromatic heterocycles. The number of nitrogens with zero attached hydrogens (tertiary/aromatic N) is 4. The lowest BCUT2D eigenvalue weighted by Crippen LogP contribution is -2.51.